The molecule has 0 amide bonds. The molecule has 1 unspecified atom stereocenters. The van der Waals surface area contributed by atoms with E-state index in [1.807, 2.05) is 7.05 Å². The summed E-state index contributed by atoms with van der Waals surface area (Å²) < 4.78 is 5.47. The van der Waals surface area contributed by atoms with E-state index in [0.717, 1.165) is 29.7 Å². The highest BCUT2D eigenvalue weighted by molar-refractivity contribution is 5.79. The number of piperidine rings is 1. The van der Waals surface area contributed by atoms with Gasteiger partial charge in [-0.3, -0.25) is 4.99 Å². The van der Waals surface area contributed by atoms with E-state index in [0.29, 0.717) is 6.54 Å². The Morgan fingerprint density at radius 2 is 2.15 bits per heavy atom. The van der Waals surface area contributed by atoms with Gasteiger partial charge in [-0.2, -0.15) is 0 Å². The number of benzene rings is 1. The Bertz CT molecular complexity index is 573. The highest BCUT2D eigenvalue weighted by atomic mass is 16.5. The van der Waals surface area contributed by atoms with E-state index in [1.165, 1.54) is 50.9 Å². The van der Waals surface area contributed by atoms with Crippen LogP contribution in [0.2, 0.25) is 0 Å². The van der Waals surface area contributed by atoms with E-state index in [1.54, 1.807) is 7.11 Å². The normalized spacial score (nSPS) is 18.6. The van der Waals surface area contributed by atoms with Gasteiger partial charge in [-0.25, -0.2) is 0 Å². The Balaban J connectivity index is 1.65. The molecule has 1 aromatic rings. The molecule has 5 heteroatoms. The van der Waals surface area contributed by atoms with E-state index >= 15 is 0 Å². The van der Waals surface area contributed by atoms with Crippen molar-refractivity contribution in [2.45, 2.75) is 46.1 Å². The molecule has 0 aliphatic carbocycles. The van der Waals surface area contributed by atoms with Crippen LogP contribution in [0.3, 0.4) is 0 Å². The first-order chi connectivity index (χ1) is 12.6. The number of unbranched alkanes of at least 4 members (excludes halogenated alkanes) is 1. The number of hydrogen-bond acceptors (Lipinski definition) is 3. The van der Waals surface area contributed by atoms with Gasteiger partial charge in [0.05, 0.1) is 7.11 Å². The molecule has 0 saturated carbocycles. The quantitative estimate of drug-likeness (QED) is 0.425. The van der Waals surface area contributed by atoms with Crippen molar-refractivity contribution in [3.8, 4) is 5.75 Å². The summed E-state index contributed by atoms with van der Waals surface area (Å²) >= 11 is 0. The SMILES string of the molecule is CN=C(NCCCCN1CCCC(C)C1)NCc1ccc(C)cc1OC. The number of ether oxygens (including phenoxy) is 1. The van der Waals surface area contributed by atoms with Gasteiger partial charge in [0.25, 0.3) is 0 Å². The predicted molar refractivity (Wildman–Crippen MR) is 110 cm³/mol. The molecule has 1 heterocycles. The zero-order valence-corrected chi connectivity index (χ0v) is 17.0. The minimum absolute atomic E-state index is 0.703. The molecule has 0 bridgehead atoms. The van der Waals surface area contributed by atoms with Crippen molar-refractivity contribution in [2.24, 2.45) is 10.9 Å². The van der Waals surface area contributed by atoms with Crippen molar-refractivity contribution in [1.29, 1.82) is 0 Å². The molecule has 1 aliphatic rings. The van der Waals surface area contributed by atoms with E-state index in [9.17, 15) is 0 Å². The number of hydrogen-bond donors (Lipinski definition) is 2. The molecule has 1 atom stereocenters. The van der Waals surface area contributed by atoms with Gasteiger partial charge in [0.1, 0.15) is 5.75 Å². The van der Waals surface area contributed by atoms with Crippen LogP contribution in [0.1, 0.15) is 43.7 Å². The summed E-state index contributed by atoms with van der Waals surface area (Å²) in [6.45, 7) is 9.87. The molecule has 146 valence electrons. The van der Waals surface area contributed by atoms with Crippen molar-refractivity contribution in [3.63, 3.8) is 0 Å². The summed E-state index contributed by atoms with van der Waals surface area (Å²) in [5.74, 6) is 2.63. The van der Waals surface area contributed by atoms with Crippen molar-refractivity contribution in [1.82, 2.24) is 15.5 Å². The zero-order chi connectivity index (χ0) is 18.8. The minimum atomic E-state index is 0.703. The Hall–Kier alpha value is -1.75. The average Bonchev–Trinajstić information content (AvgIpc) is 2.64. The second-order valence-corrected chi connectivity index (χ2v) is 7.42. The van der Waals surface area contributed by atoms with Crippen molar-refractivity contribution in [2.75, 3.05) is 40.3 Å². The Labute approximate surface area is 159 Å². The summed E-state index contributed by atoms with van der Waals surface area (Å²) in [5, 5.41) is 6.79. The standard InChI is InChI=1S/C21H36N4O/c1-17-9-10-19(20(14-17)26-4)15-24-21(22-3)23-11-5-6-12-25-13-7-8-18(2)16-25/h9-10,14,18H,5-8,11-13,15-16H2,1-4H3,(H2,22,23,24). The first kappa shape index (κ1) is 20.6. The topological polar surface area (TPSA) is 48.9 Å². The van der Waals surface area contributed by atoms with Gasteiger partial charge < -0.3 is 20.3 Å². The monoisotopic (exact) mass is 360 g/mol. The molecule has 1 aliphatic heterocycles. The van der Waals surface area contributed by atoms with Crippen LogP contribution in [0.5, 0.6) is 5.75 Å². The summed E-state index contributed by atoms with van der Waals surface area (Å²) in [7, 11) is 3.53. The second-order valence-electron chi connectivity index (χ2n) is 7.42. The number of aliphatic imine (C=N–C) groups is 1. The van der Waals surface area contributed by atoms with Crippen LogP contribution in [0.25, 0.3) is 0 Å². The third kappa shape index (κ3) is 6.87. The fourth-order valence-electron chi connectivity index (χ4n) is 3.55. The Morgan fingerprint density at radius 1 is 1.31 bits per heavy atom. The lowest BCUT2D eigenvalue weighted by molar-refractivity contribution is 0.181. The van der Waals surface area contributed by atoms with Gasteiger partial charge in [-0.1, -0.05) is 19.1 Å². The van der Waals surface area contributed by atoms with Crippen LogP contribution < -0.4 is 15.4 Å². The molecule has 1 fully saturated rings. The van der Waals surface area contributed by atoms with Gasteiger partial charge in [-0.05, 0) is 63.2 Å². The van der Waals surface area contributed by atoms with Crippen LogP contribution in [0, 0.1) is 12.8 Å². The highest BCUT2D eigenvalue weighted by Crippen LogP contribution is 2.19. The fraction of sp³-hybridized carbons (Fsp3) is 0.667. The van der Waals surface area contributed by atoms with Gasteiger partial charge >= 0.3 is 0 Å². The molecule has 0 spiro atoms. The van der Waals surface area contributed by atoms with E-state index < -0.39 is 0 Å². The number of aryl methyl sites for hydroxylation is 1. The number of guanidine groups is 1. The summed E-state index contributed by atoms with van der Waals surface area (Å²) in [6, 6.07) is 6.28. The third-order valence-corrected chi connectivity index (χ3v) is 5.05. The van der Waals surface area contributed by atoms with Gasteiger partial charge in [-0.15, -0.1) is 0 Å². The highest BCUT2D eigenvalue weighted by Gasteiger charge is 2.15. The molecule has 26 heavy (non-hydrogen) atoms. The molecule has 0 aromatic heterocycles. The minimum Gasteiger partial charge on any atom is -0.496 e. The van der Waals surface area contributed by atoms with Crippen LogP contribution in [0.4, 0.5) is 0 Å². The maximum atomic E-state index is 5.47. The first-order valence-electron chi connectivity index (χ1n) is 9.92. The van der Waals surface area contributed by atoms with Crippen LogP contribution in [-0.2, 0) is 6.54 Å². The van der Waals surface area contributed by atoms with E-state index in [-0.39, 0.29) is 0 Å². The summed E-state index contributed by atoms with van der Waals surface area (Å²) in [5.41, 5.74) is 2.34. The Kier molecular flexibility index (Phi) is 8.75. The smallest absolute Gasteiger partial charge is 0.191 e. The molecule has 1 aromatic carbocycles. The van der Waals surface area contributed by atoms with Gasteiger partial charge in [0.15, 0.2) is 5.96 Å². The first-order valence-corrected chi connectivity index (χ1v) is 9.92. The second kappa shape index (κ2) is 11.1. The van der Waals surface area contributed by atoms with Crippen molar-refractivity contribution >= 4 is 5.96 Å². The fourth-order valence-corrected chi connectivity index (χ4v) is 3.55. The van der Waals surface area contributed by atoms with Gasteiger partial charge in [0.2, 0.25) is 0 Å². The average molecular weight is 361 g/mol. The zero-order valence-electron chi connectivity index (χ0n) is 17.0. The van der Waals surface area contributed by atoms with E-state index in [2.05, 4.69) is 52.6 Å². The molecule has 5 nitrogen and oxygen atoms in total. The maximum Gasteiger partial charge on any atom is 0.191 e. The third-order valence-electron chi connectivity index (χ3n) is 5.05. The molecule has 2 rings (SSSR count). The number of nitrogens with zero attached hydrogens (tertiary/aromatic N) is 2. The molecule has 1 saturated heterocycles. The summed E-state index contributed by atoms with van der Waals surface area (Å²) in [4.78, 5) is 6.93. The lowest BCUT2D eigenvalue weighted by Gasteiger charge is -2.30. The number of nitrogens with one attached hydrogen (secondary N) is 2. The van der Waals surface area contributed by atoms with Gasteiger partial charge in [0, 0.05) is 32.2 Å². The van der Waals surface area contributed by atoms with Crippen LogP contribution in [0.15, 0.2) is 23.2 Å². The largest absolute Gasteiger partial charge is 0.496 e. The molecule has 0 radical (unpaired) electrons. The lowest BCUT2D eigenvalue weighted by atomic mass is 10.0. The Morgan fingerprint density at radius 3 is 2.88 bits per heavy atom. The summed E-state index contributed by atoms with van der Waals surface area (Å²) in [6.07, 6.45) is 5.16. The predicted octanol–water partition coefficient (Wildman–Crippen LogP) is 3.18. The van der Waals surface area contributed by atoms with E-state index in [4.69, 9.17) is 4.74 Å². The van der Waals surface area contributed by atoms with Crippen molar-refractivity contribution < 1.29 is 4.74 Å². The maximum absolute atomic E-state index is 5.47. The molecule has 2 N–H and O–H groups in total. The lowest BCUT2D eigenvalue weighted by Crippen LogP contribution is -2.38. The van der Waals surface area contributed by atoms with Crippen LogP contribution in [-0.4, -0.2) is 51.2 Å². The number of rotatable bonds is 8. The molecular weight excluding hydrogens is 324 g/mol. The van der Waals surface area contributed by atoms with Crippen molar-refractivity contribution in [3.05, 3.63) is 29.3 Å². The van der Waals surface area contributed by atoms with Crippen LogP contribution >= 0.6 is 0 Å². The number of likely N-dealkylation sites (tertiary alicyclic amines) is 1. The molecular formula is C21H36N4O. The number of methoxy groups -OCH3 is 1.